The summed E-state index contributed by atoms with van der Waals surface area (Å²) in [6, 6.07) is 6.08. The average molecular weight is 291 g/mol. The van der Waals surface area contributed by atoms with Crippen LogP contribution in [0.4, 0.5) is 0 Å². The molecule has 4 heteroatoms. The molecular formula is C17H25NO3. The normalized spacial score (nSPS) is 20.0. The van der Waals surface area contributed by atoms with E-state index in [0.29, 0.717) is 11.8 Å². The first-order chi connectivity index (χ1) is 9.85. The summed E-state index contributed by atoms with van der Waals surface area (Å²) in [5.74, 6) is -0.118. The Kier molecular flexibility index (Phi) is 4.88. The smallest absolute Gasteiger partial charge is 0.323 e. The van der Waals surface area contributed by atoms with E-state index in [9.17, 15) is 9.90 Å². The molecule has 1 aliphatic rings. The summed E-state index contributed by atoms with van der Waals surface area (Å²) in [5.41, 5.74) is 7.20. The molecule has 0 aromatic heterocycles. The number of nitrogens with two attached hydrogens (primary N) is 1. The van der Waals surface area contributed by atoms with Crippen molar-refractivity contribution in [1.29, 1.82) is 0 Å². The molecule has 4 nitrogen and oxygen atoms in total. The van der Waals surface area contributed by atoms with Crippen LogP contribution in [0.2, 0.25) is 0 Å². The summed E-state index contributed by atoms with van der Waals surface area (Å²) < 4.78 is 5.53. The van der Waals surface area contributed by atoms with Crippen LogP contribution in [0.3, 0.4) is 0 Å². The van der Waals surface area contributed by atoms with E-state index in [0.717, 1.165) is 31.2 Å². The SMILES string of the molecule is CC1(C)CCC(OC(=O)C(N)Cc2ccc(O)cc2)CC1. The maximum Gasteiger partial charge on any atom is 0.323 e. The Bertz CT molecular complexity index is 471. The first-order valence-corrected chi connectivity index (χ1v) is 7.60. The van der Waals surface area contributed by atoms with E-state index in [1.54, 1.807) is 24.3 Å². The molecule has 116 valence electrons. The van der Waals surface area contributed by atoms with Gasteiger partial charge in [0.15, 0.2) is 0 Å². The van der Waals surface area contributed by atoms with Gasteiger partial charge in [0, 0.05) is 0 Å². The highest BCUT2D eigenvalue weighted by molar-refractivity contribution is 5.76. The third kappa shape index (κ3) is 4.74. The predicted octanol–water partition coefficient (Wildman–Crippen LogP) is 2.77. The van der Waals surface area contributed by atoms with Crippen LogP contribution in [0.25, 0.3) is 0 Å². The maximum absolute atomic E-state index is 12.0. The number of phenolic OH excluding ortho intramolecular Hbond substituents is 1. The first kappa shape index (κ1) is 15.8. The van der Waals surface area contributed by atoms with Crippen LogP contribution in [0, 0.1) is 5.41 Å². The van der Waals surface area contributed by atoms with E-state index in [-0.39, 0.29) is 17.8 Å². The van der Waals surface area contributed by atoms with Crippen LogP contribution in [-0.4, -0.2) is 23.2 Å². The second-order valence-corrected chi connectivity index (χ2v) is 6.78. The molecule has 1 aromatic rings. The quantitative estimate of drug-likeness (QED) is 0.837. The number of carbonyl (C=O) groups is 1. The zero-order valence-electron chi connectivity index (χ0n) is 12.8. The Labute approximate surface area is 126 Å². The number of carbonyl (C=O) groups excluding carboxylic acids is 1. The van der Waals surface area contributed by atoms with Crippen molar-refractivity contribution in [3.8, 4) is 5.75 Å². The number of ether oxygens (including phenoxy) is 1. The second-order valence-electron chi connectivity index (χ2n) is 6.78. The van der Waals surface area contributed by atoms with Gasteiger partial charge < -0.3 is 15.6 Å². The molecule has 0 amide bonds. The highest BCUT2D eigenvalue weighted by Gasteiger charge is 2.29. The molecule has 0 aliphatic heterocycles. The minimum atomic E-state index is -0.649. The number of esters is 1. The van der Waals surface area contributed by atoms with Crippen molar-refractivity contribution in [2.75, 3.05) is 0 Å². The Morgan fingerprint density at radius 1 is 1.33 bits per heavy atom. The van der Waals surface area contributed by atoms with Crippen LogP contribution in [0.5, 0.6) is 5.75 Å². The zero-order valence-corrected chi connectivity index (χ0v) is 12.8. The van der Waals surface area contributed by atoms with E-state index in [1.807, 2.05) is 0 Å². The van der Waals surface area contributed by atoms with Gasteiger partial charge in [-0.2, -0.15) is 0 Å². The van der Waals surface area contributed by atoms with Crippen molar-refractivity contribution in [2.45, 2.75) is 58.1 Å². The van der Waals surface area contributed by atoms with Gasteiger partial charge in [-0.25, -0.2) is 0 Å². The van der Waals surface area contributed by atoms with E-state index in [4.69, 9.17) is 10.5 Å². The summed E-state index contributed by atoms with van der Waals surface area (Å²) in [6.45, 7) is 4.50. The van der Waals surface area contributed by atoms with E-state index >= 15 is 0 Å². The molecule has 1 saturated carbocycles. The lowest BCUT2D eigenvalue weighted by molar-refractivity contribution is -0.153. The molecule has 1 atom stereocenters. The van der Waals surface area contributed by atoms with Crippen LogP contribution in [0.15, 0.2) is 24.3 Å². The minimum absolute atomic E-state index is 0.0105. The first-order valence-electron chi connectivity index (χ1n) is 7.60. The molecule has 2 rings (SSSR count). The molecule has 21 heavy (non-hydrogen) atoms. The highest BCUT2D eigenvalue weighted by atomic mass is 16.5. The fourth-order valence-electron chi connectivity index (χ4n) is 2.71. The van der Waals surface area contributed by atoms with Crippen molar-refractivity contribution in [3.05, 3.63) is 29.8 Å². The Morgan fingerprint density at radius 2 is 1.90 bits per heavy atom. The summed E-state index contributed by atoms with van der Waals surface area (Å²) in [6.07, 6.45) is 4.44. The zero-order chi connectivity index (χ0) is 15.5. The van der Waals surface area contributed by atoms with Gasteiger partial charge in [0.1, 0.15) is 17.9 Å². The Balaban J connectivity index is 1.81. The summed E-state index contributed by atoms with van der Waals surface area (Å²) in [7, 11) is 0. The fraction of sp³-hybridized carbons (Fsp3) is 0.588. The van der Waals surface area contributed by atoms with Gasteiger partial charge >= 0.3 is 5.97 Å². The number of hydrogen-bond donors (Lipinski definition) is 2. The molecule has 1 fully saturated rings. The summed E-state index contributed by atoms with van der Waals surface area (Å²) in [5, 5.41) is 9.24. The average Bonchev–Trinajstić information content (AvgIpc) is 2.43. The number of hydrogen-bond acceptors (Lipinski definition) is 4. The van der Waals surface area contributed by atoms with E-state index in [1.165, 1.54) is 0 Å². The van der Waals surface area contributed by atoms with Crippen molar-refractivity contribution in [3.63, 3.8) is 0 Å². The predicted molar refractivity (Wildman–Crippen MR) is 81.9 cm³/mol. The summed E-state index contributed by atoms with van der Waals surface area (Å²) in [4.78, 5) is 12.0. The lowest BCUT2D eigenvalue weighted by Crippen LogP contribution is -2.38. The fourth-order valence-corrected chi connectivity index (χ4v) is 2.71. The monoisotopic (exact) mass is 291 g/mol. The van der Waals surface area contributed by atoms with Gasteiger partial charge in [-0.05, 0) is 55.2 Å². The van der Waals surface area contributed by atoms with Gasteiger partial charge in [0.2, 0.25) is 0 Å². The third-order valence-corrected chi connectivity index (χ3v) is 4.26. The van der Waals surface area contributed by atoms with Crippen LogP contribution >= 0.6 is 0 Å². The van der Waals surface area contributed by atoms with E-state index < -0.39 is 6.04 Å². The van der Waals surface area contributed by atoms with Crippen LogP contribution < -0.4 is 5.73 Å². The standard InChI is InChI=1S/C17H25NO3/c1-17(2)9-7-14(8-10-17)21-16(20)15(18)11-12-3-5-13(19)6-4-12/h3-6,14-15,19H,7-11,18H2,1-2H3. The van der Waals surface area contributed by atoms with Gasteiger partial charge in [0.05, 0.1) is 0 Å². The molecule has 1 aromatic carbocycles. The van der Waals surface area contributed by atoms with Gasteiger partial charge in [-0.15, -0.1) is 0 Å². The topological polar surface area (TPSA) is 72.5 Å². The molecule has 0 radical (unpaired) electrons. The highest BCUT2D eigenvalue weighted by Crippen LogP contribution is 2.36. The number of aromatic hydroxyl groups is 1. The Morgan fingerprint density at radius 3 is 2.48 bits per heavy atom. The number of benzene rings is 1. The van der Waals surface area contributed by atoms with Gasteiger partial charge in [-0.1, -0.05) is 26.0 Å². The molecule has 0 saturated heterocycles. The molecule has 0 bridgehead atoms. The minimum Gasteiger partial charge on any atom is -0.508 e. The Hall–Kier alpha value is -1.55. The van der Waals surface area contributed by atoms with Crippen molar-refractivity contribution < 1.29 is 14.6 Å². The third-order valence-electron chi connectivity index (χ3n) is 4.26. The molecule has 1 unspecified atom stereocenters. The molecule has 3 N–H and O–H groups in total. The second kappa shape index (κ2) is 6.48. The lowest BCUT2D eigenvalue weighted by Gasteiger charge is -2.34. The lowest BCUT2D eigenvalue weighted by atomic mass is 9.76. The van der Waals surface area contributed by atoms with E-state index in [2.05, 4.69) is 13.8 Å². The number of rotatable bonds is 4. The van der Waals surface area contributed by atoms with Crippen molar-refractivity contribution in [1.82, 2.24) is 0 Å². The molecule has 0 spiro atoms. The molecule has 1 aliphatic carbocycles. The van der Waals surface area contributed by atoms with Crippen LogP contribution in [0.1, 0.15) is 45.1 Å². The van der Waals surface area contributed by atoms with Crippen LogP contribution in [-0.2, 0) is 16.0 Å². The maximum atomic E-state index is 12.0. The summed E-state index contributed by atoms with van der Waals surface area (Å²) >= 11 is 0. The largest absolute Gasteiger partial charge is 0.508 e. The molecule has 0 heterocycles. The molecular weight excluding hydrogens is 266 g/mol. The van der Waals surface area contributed by atoms with Gasteiger partial charge in [0.25, 0.3) is 0 Å². The van der Waals surface area contributed by atoms with Crippen molar-refractivity contribution >= 4 is 5.97 Å². The van der Waals surface area contributed by atoms with Gasteiger partial charge in [-0.3, -0.25) is 4.79 Å². The number of phenols is 1. The van der Waals surface area contributed by atoms with Crippen molar-refractivity contribution in [2.24, 2.45) is 11.1 Å².